The van der Waals surface area contributed by atoms with E-state index in [1.165, 1.54) is 11.0 Å². The van der Waals surface area contributed by atoms with Crippen LogP contribution < -0.4 is 0 Å². The van der Waals surface area contributed by atoms with Gasteiger partial charge in [0.15, 0.2) is 0 Å². The van der Waals surface area contributed by atoms with Gasteiger partial charge in [0.25, 0.3) is 0 Å². The normalized spacial score (nSPS) is 23.8. The number of hydrogen-bond donors (Lipinski definition) is 1. The summed E-state index contributed by atoms with van der Waals surface area (Å²) in [6, 6.07) is 0.0381. The molecule has 0 radical (unpaired) electrons. The van der Waals surface area contributed by atoms with Crippen molar-refractivity contribution in [3.05, 3.63) is 12.7 Å². The number of hydrogen-bond acceptors (Lipinski definition) is 4. The number of rotatable bonds is 4. The second-order valence-electron chi connectivity index (χ2n) is 4.66. The van der Waals surface area contributed by atoms with Gasteiger partial charge in [-0.1, -0.05) is 12.7 Å². The van der Waals surface area contributed by atoms with Gasteiger partial charge in [-0.25, -0.2) is 4.79 Å². The van der Waals surface area contributed by atoms with Crippen LogP contribution in [0.15, 0.2) is 12.7 Å². The molecule has 1 N–H and O–H groups in total. The molecule has 6 nitrogen and oxygen atoms in total. The van der Waals surface area contributed by atoms with Crippen molar-refractivity contribution < 1.29 is 19.4 Å². The number of carboxylic acid groups (broad SMARTS) is 1. The fourth-order valence-electron chi connectivity index (χ4n) is 2.00. The molecule has 1 rings (SSSR count). The highest BCUT2D eigenvalue weighted by Crippen LogP contribution is 2.20. The predicted octanol–water partition coefficient (Wildman–Crippen LogP) is 0.646. The molecule has 0 aromatic heterocycles. The van der Waals surface area contributed by atoms with Gasteiger partial charge in [0.05, 0.1) is 5.92 Å². The number of likely N-dealkylation sites (N-methyl/N-ethyl adjacent to an activating group) is 1. The van der Waals surface area contributed by atoms with Crippen molar-refractivity contribution in [2.24, 2.45) is 5.92 Å². The summed E-state index contributed by atoms with van der Waals surface area (Å²) in [7, 11) is 3.75. The molecule has 2 unspecified atom stereocenters. The zero-order chi connectivity index (χ0) is 13.7. The monoisotopic (exact) mass is 256 g/mol. The molecule has 0 aromatic rings. The molecule has 18 heavy (non-hydrogen) atoms. The third-order valence-corrected chi connectivity index (χ3v) is 3.09. The summed E-state index contributed by atoms with van der Waals surface area (Å²) in [5, 5.41) is 9.10. The lowest BCUT2D eigenvalue weighted by atomic mass is 9.94. The molecule has 0 bridgehead atoms. The van der Waals surface area contributed by atoms with Crippen LogP contribution in [-0.4, -0.2) is 66.8 Å². The maximum atomic E-state index is 11.7. The van der Waals surface area contributed by atoms with Gasteiger partial charge in [0.1, 0.15) is 6.61 Å². The topological polar surface area (TPSA) is 70.1 Å². The lowest BCUT2D eigenvalue weighted by molar-refractivity contribution is -0.144. The maximum absolute atomic E-state index is 11.7. The fraction of sp³-hybridized carbons (Fsp3) is 0.667. The quantitative estimate of drug-likeness (QED) is 0.748. The molecule has 0 spiro atoms. The molecule has 1 heterocycles. The number of aliphatic carboxylic acids is 1. The molecule has 1 amide bonds. The number of piperidine rings is 1. The van der Waals surface area contributed by atoms with E-state index in [0.29, 0.717) is 13.0 Å². The Hall–Kier alpha value is -1.56. The first-order valence-electron chi connectivity index (χ1n) is 5.87. The molecular formula is C12H20N2O4. The second kappa shape index (κ2) is 6.39. The molecule has 1 saturated heterocycles. The molecule has 0 aromatic carbocycles. The van der Waals surface area contributed by atoms with Gasteiger partial charge in [-0.05, 0) is 20.5 Å². The zero-order valence-electron chi connectivity index (χ0n) is 10.8. The minimum absolute atomic E-state index is 0.0381. The first-order chi connectivity index (χ1) is 8.45. The van der Waals surface area contributed by atoms with Gasteiger partial charge in [0, 0.05) is 19.1 Å². The van der Waals surface area contributed by atoms with Gasteiger partial charge in [0.2, 0.25) is 0 Å². The average molecular weight is 256 g/mol. The minimum Gasteiger partial charge on any atom is -0.481 e. The van der Waals surface area contributed by atoms with Crippen molar-refractivity contribution in [2.75, 3.05) is 33.8 Å². The van der Waals surface area contributed by atoms with E-state index in [1.807, 2.05) is 19.0 Å². The van der Waals surface area contributed by atoms with E-state index in [1.54, 1.807) is 0 Å². The molecule has 0 aliphatic carbocycles. The highest BCUT2D eigenvalue weighted by Gasteiger charge is 2.35. The third-order valence-electron chi connectivity index (χ3n) is 3.09. The van der Waals surface area contributed by atoms with E-state index in [2.05, 4.69) is 6.58 Å². The van der Waals surface area contributed by atoms with E-state index in [4.69, 9.17) is 9.84 Å². The molecule has 6 heteroatoms. The van der Waals surface area contributed by atoms with E-state index in [9.17, 15) is 9.59 Å². The maximum Gasteiger partial charge on any atom is 0.410 e. The largest absolute Gasteiger partial charge is 0.481 e. The average Bonchev–Trinajstić information content (AvgIpc) is 2.35. The van der Waals surface area contributed by atoms with Crippen molar-refractivity contribution in [3.63, 3.8) is 0 Å². The fourth-order valence-corrected chi connectivity index (χ4v) is 2.00. The molecule has 1 fully saturated rings. The summed E-state index contributed by atoms with van der Waals surface area (Å²) in [5.74, 6) is -1.41. The van der Waals surface area contributed by atoms with Crippen LogP contribution >= 0.6 is 0 Å². The van der Waals surface area contributed by atoms with E-state index in [-0.39, 0.29) is 19.2 Å². The number of ether oxygens (including phenoxy) is 1. The van der Waals surface area contributed by atoms with Crippen LogP contribution in [0.4, 0.5) is 4.79 Å². The summed E-state index contributed by atoms with van der Waals surface area (Å²) >= 11 is 0. The molecule has 102 valence electrons. The molecular weight excluding hydrogens is 236 g/mol. The first-order valence-corrected chi connectivity index (χ1v) is 5.87. The molecule has 0 saturated carbocycles. The van der Waals surface area contributed by atoms with Crippen LogP contribution in [0.5, 0.6) is 0 Å². The SMILES string of the molecule is C=CCOC(=O)N1CC(C(=O)O)CC(N(C)C)C1. The van der Waals surface area contributed by atoms with Crippen LogP contribution in [0.3, 0.4) is 0 Å². The highest BCUT2D eigenvalue weighted by atomic mass is 16.6. The van der Waals surface area contributed by atoms with Crippen molar-refractivity contribution in [1.82, 2.24) is 9.80 Å². The highest BCUT2D eigenvalue weighted by molar-refractivity contribution is 5.73. The van der Waals surface area contributed by atoms with Crippen molar-refractivity contribution >= 4 is 12.1 Å². The Balaban J connectivity index is 2.69. The number of nitrogens with zero attached hydrogens (tertiary/aromatic N) is 2. The van der Waals surface area contributed by atoms with Crippen LogP contribution in [0.2, 0.25) is 0 Å². The van der Waals surface area contributed by atoms with Crippen LogP contribution in [0.25, 0.3) is 0 Å². The lowest BCUT2D eigenvalue weighted by Crippen LogP contribution is -2.52. The van der Waals surface area contributed by atoms with E-state index in [0.717, 1.165) is 0 Å². The van der Waals surface area contributed by atoms with Crippen LogP contribution in [-0.2, 0) is 9.53 Å². The molecule has 1 aliphatic rings. The number of carbonyl (C=O) groups excluding carboxylic acids is 1. The third kappa shape index (κ3) is 3.73. The van der Waals surface area contributed by atoms with Gasteiger partial charge >= 0.3 is 12.1 Å². The summed E-state index contributed by atoms with van der Waals surface area (Å²) in [6.07, 6.45) is 1.56. The zero-order valence-corrected chi connectivity index (χ0v) is 10.8. The molecule has 2 atom stereocenters. The predicted molar refractivity (Wildman–Crippen MR) is 66.3 cm³/mol. The Morgan fingerprint density at radius 2 is 2.17 bits per heavy atom. The number of carboxylic acids is 1. The van der Waals surface area contributed by atoms with Gasteiger partial charge < -0.3 is 19.6 Å². The Labute approximate surface area is 107 Å². The Morgan fingerprint density at radius 3 is 2.67 bits per heavy atom. The summed E-state index contributed by atoms with van der Waals surface area (Å²) in [5.41, 5.74) is 0. The number of likely N-dealkylation sites (tertiary alicyclic amines) is 1. The minimum atomic E-state index is -0.872. The molecule has 1 aliphatic heterocycles. The summed E-state index contributed by atoms with van der Waals surface area (Å²) in [4.78, 5) is 26.2. The van der Waals surface area contributed by atoms with Gasteiger partial charge in [-0.15, -0.1) is 0 Å². The number of amides is 1. The Bertz CT molecular complexity index is 330. The van der Waals surface area contributed by atoms with Crippen LogP contribution in [0, 0.1) is 5.92 Å². The standard InChI is InChI=1S/C12H20N2O4/c1-4-5-18-12(17)14-7-9(11(15)16)6-10(8-14)13(2)3/h4,9-10H,1,5-8H2,2-3H3,(H,15,16). The van der Waals surface area contributed by atoms with E-state index < -0.39 is 18.0 Å². The first kappa shape index (κ1) is 14.5. The summed E-state index contributed by atoms with van der Waals surface area (Å²) in [6.45, 7) is 4.30. The summed E-state index contributed by atoms with van der Waals surface area (Å²) < 4.78 is 4.94. The van der Waals surface area contributed by atoms with E-state index >= 15 is 0 Å². The number of carbonyl (C=O) groups is 2. The van der Waals surface area contributed by atoms with Crippen molar-refractivity contribution in [2.45, 2.75) is 12.5 Å². The second-order valence-corrected chi connectivity index (χ2v) is 4.66. The smallest absolute Gasteiger partial charge is 0.410 e. The van der Waals surface area contributed by atoms with Crippen LogP contribution in [0.1, 0.15) is 6.42 Å². The Kier molecular flexibility index (Phi) is 5.15. The van der Waals surface area contributed by atoms with Crippen molar-refractivity contribution in [3.8, 4) is 0 Å². The lowest BCUT2D eigenvalue weighted by Gasteiger charge is -2.38. The van der Waals surface area contributed by atoms with Gasteiger partial charge in [-0.2, -0.15) is 0 Å². The van der Waals surface area contributed by atoms with Gasteiger partial charge in [-0.3, -0.25) is 4.79 Å². The Morgan fingerprint density at radius 1 is 1.50 bits per heavy atom. The van der Waals surface area contributed by atoms with Crippen molar-refractivity contribution in [1.29, 1.82) is 0 Å².